The highest BCUT2D eigenvalue weighted by molar-refractivity contribution is 4.90. The molecule has 2 fully saturated rings. The molecule has 1 N–H and O–H groups in total. The fourth-order valence-corrected chi connectivity index (χ4v) is 3.60. The standard InChI is InChI=1S/C16H32N2/c1-3-16(2)14-18(13-9-12-17-16)15-10-7-5-4-6-8-11-15/h15,17H,3-14H2,1-2H3. The lowest BCUT2D eigenvalue weighted by Crippen LogP contribution is -2.51. The normalized spacial score (nSPS) is 33.7. The predicted molar refractivity (Wildman–Crippen MR) is 79.0 cm³/mol. The van der Waals surface area contributed by atoms with Crippen LogP contribution in [0.4, 0.5) is 0 Å². The summed E-state index contributed by atoms with van der Waals surface area (Å²) < 4.78 is 0. The molecule has 1 aliphatic carbocycles. The fraction of sp³-hybridized carbons (Fsp3) is 1.00. The van der Waals surface area contributed by atoms with Gasteiger partial charge in [-0.05, 0) is 45.7 Å². The highest BCUT2D eigenvalue weighted by Crippen LogP contribution is 2.25. The molecule has 1 aliphatic heterocycles. The van der Waals surface area contributed by atoms with Crippen molar-refractivity contribution in [3.63, 3.8) is 0 Å². The highest BCUT2D eigenvalue weighted by atomic mass is 15.2. The molecule has 0 aromatic carbocycles. The predicted octanol–water partition coefficient (Wildman–Crippen LogP) is 3.56. The minimum absolute atomic E-state index is 0.346. The second-order valence-electron chi connectivity index (χ2n) is 6.66. The van der Waals surface area contributed by atoms with Gasteiger partial charge in [-0.1, -0.05) is 39.0 Å². The largest absolute Gasteiger partial charge is 0.310 e. The Bertz CT molecular complexity index is 233. The first kappa shape index (κ1) is 14.3. The molecule has 1 atom stereocenters. The maximum Gasteiger partial charge on any atom is 0.0277 e. The lowest BCUT2D eigenvalue weighted by Gasteiger charge is -2.38. The number of hydrogen-bond acceptors (Lipinski definition) is 2. The lowest BCUT2D eigenvalue weighted by molar-refractivity contribution is 0.137. The van der Waals surface area contributed by atoms with Crippen molar-refractivity contribution in [2.45, 2.75) is 83.2 Å². The third kappa shape index (κ3) is 3.96. The summed E-state index contributed by atoms with van der Waals surface area (Å²) >= 11 is 0. The monoisotopic (exact) mass is 252 g/mol. The summed E-state index contributed by atoms with van der Waals surface area (Å²) in [7, 11) is 0. The maximum atomic E-state index is 3.76. The number of nitrogens with zero attached hydrogens (tertiary/aromatic N) is 1. The average Bonchev–Trinajstić information content (AvgIpc) is 2.52. The van der Waals surface area contributed by atoms with Crippen molar-refractivity contribution in [2.75, 3.05) is 19.6 Å². The SMILES string of the molecule is CCC1(C)CN(C2CCCCCCC2)CCCN1. The molecule has 0 radical (unpaired) electrons. The summed E-state index contributed by atoms with van der Waals surface area (Å²) in [6.07, 6.45) is 12.8. The first-order chi connectivity index (χ1) is 8.73. The smallest absolute Gasteiger partial charge is 0.0277 e. The van der Waals surface area contributed by atoms with Crippen LogP contribution in [0.3, 0.4) is 0 Å². The zero-order valence-electron chi connectivity index (χ0n) is 12.5. The molecule has 106 valence electrons. The first-order valence-corrected chi connectivity index (χ1v) is 8.22. The van der Waals surface area contributed by atoms with Crippen LogP contribution in [0.1, 0.15) is 71.6 Å². The highest BCUT2D eigenvalue weighted by Gasteiger charge is 2.30. The van der Waals surface area contributed by atoms with Crippen LogP contribution in [0.5, 0.6) is 0 Å². The second kappa shape index (κ2) is 6.91. The van der Waals surface area contributed by atoms with Crippen LogP contribution in [-0.4, -0.2) is 36.1 Å². The van der Waals surface area contributed by atoms with Gasteiger partial charge in [-0.2, -0.15) is 0 Å². The van der Waals surface area contributed by atoms with E-state index >= 15 is 0 Å². The Morgan fingerprint density at radius 3 is 2.39 bits per heavy atom. The van der Waals surface area contributed by atoms with Crippen molar-refractivity contribution in [3.8, 4) is 0 Å². The Hall–Kier alpha value is -0.0800. The van der Waals surface area contributed by atoms with Gasteiger partial charge in [0.05, 0.1) is 0 Å². The minimum atomic E-state index is 0.346. The van der Waals surface area contributed by atoms with Crippen molar-refractivity contribution < 1.29 is 0 Å². The molecular formula is C16H32N2. The number of rotatable bonds is 2. The molecule has 2 heteroatoms. The van der Waals surface area contributed by atoms with Gasteiger partial charge in [-0.25, -0.2) is 0 Å². The van der Waals surface area contributed by atoms with Crippen LogP contribution >= 0.6 is 0 Å². The molecule has 0 aromatic heterocycles. The van der Waals surface area contributed by atoms with E-state index in [1.807, 2.05) is 0 Å². The Morgan fingerprint density at radius 1 is 1.06 bits per heavy atom. The van der Waals surface area contributed by atoms with Crippen molar-refractivity contribution >= 4 is 0 Å². The van der Waals surface area contributed by atoms with Gasteiger partial charge >= 0.3 is 0 Å². The van der Waals surface area contributed by atoms with E-state index in [1.165, 1.54) is 77.4 Å². The quantitative estimate of drug-likeness (QED) is 0.808. The third-order valence-corrected chi connectivity index (χ3v) is 5.10. The Balaban J connectivity index is 1.95. The maximum absolute atomic E-state index is 3.76. The second-order valence-corrected chi connectivity index (χ2v) is 6.66. The topological polar surface area (TPSA) is 15.3 Å². The van der Waals surface area contributed by atoms with Gasteiger partial charge in [0, 0.05) is 18.1 Å². The minimum Gasteiger partial charge on any atom is -0.310 e. The van der Waals surface area contributed by atoms with Gasteiger partial charge in [0.2, 0.25) is 0 Å². The van der Waals surface area contributed by atoms with E-state index in [0.29, 0.717) is 5.54 Å². The van der Waals surface area contributed by atoms with Gasteiger partial charge in [0.25, 0.3) is 0 Å². The van der Waals surface area contributed by atoms with Crippen LogP contribution in [0.15, 0.2) is 0 Å². The van der Waals surface area contributed by atoms with E-state index in [4.69, 9.17) is 0 Å². The van der Waals surface area contributed by atoms with Crippen LogP contribution < -0.4 is 5.32 Å². The van der Waals surface area contributed by atoms with Crippen LogP contribution in [0, 0.1) is 0 Å². The van der Waals surface area contributed by atoms with Crippen molar-refractivity contribution in [2.24, 2.45) is 0 Å². The van der Waals surface area contributed by atoms with Gasteiger partial charge < -0.3 is 5.32 Å². The van der Waals surface area contributed by atoms with Crippen molar-refractivity contribution in [1.82, 2.24) is 10.2 Å². The van der Waals surface area contributed by atoms with E-state index in [0.717, 1.165) is 6.04 Å². The van der Waals surface area contributed by atoms with E-state index < -0.39 is 0 Å². The molecule has 18 heavy (non-hydrogen) atoms. The fourth-order valence-electron chi connectivity index (χ4n) is 3.60. The summed E-state index contributed by atoms with van der Waals surface area (Å²) in [5.74, 6) is 0. The van der Waals surface area contributed by atoms with Crippen molar-refractivity contribution in [1.29, 1.82) is 0 Å². The lowest BCUT2D eigenvalue weighted by atomic mass is 9.93. The summed E-state index contributed by atoms with van der Waals surface area (Å²) in [5, 5.41) is 3.76. The molecule has 2 aliphatic rings. The number of nitrogens with one attached hydrogen (secondary N) is 1. The van der Waals surface area contributed by atoms with E-state index in [2.05, 4.69) is 24.1 Å². The molecule has 1 heterocycles. The average molecular weight is 252 g/mol. The molecule has 2 rings (SSSR count). The Labute approximate surface area is 114 Å². The molecule has 2 nitrogen and oxygen atoms in total. The molecule has 0 amide bonds. The van der Waals surface area contributed by atoms with E-state index in [1.54, 1.807) is 0 Å². The van der Waals surface area contributed by atoms with Crippen LogP contribution in [0.2, 0.25) is 0 Å². The van der Waals surface area contributed by atoms with Crippen molar-refractivity contribution in [3.05, 3.63) is 0 Å². The molecule has 0 spiro atoms. The van der Waals surface area contributed by atoms with Gasteiger partial charge in [0.1, 0.15) is 0 Å². The molecular weight excluding hydrogens is 220 g/mol. The molecule has 1 unspecified atom stereocenters. The molecule has 0 aromatic rings. The van der Waals surface area contributed by atoms with Gasteiger partial charge in [-0.3, -0.25) is 4.90 Å². The third-order valence-electron chi connectivity index (χ3n) is 5.10. The Morgan fingerprint density at radius 2 is 1.72 bits per heavy atom. The summed E-state index contributed by atoms with van der Waals surface area (Å²) in [5.41, 5.74) is 0.346. The summed E-state index contributed by atoms with van der Waals surface area (Å²) in [4.78, 5) is 2.81. The zero-order valence-corrected chi connectivity index (χ0v) is 12.5. The zero-order chi connectivity index (χ0) is 12.8. The van der Waals surface area contributed by atoms with E-state index in [-0.39, 0.29) is 0 Å². The van der Waals surface area contributed by atoms with E-state index in [9.17, 15) is 0 Å². The van der Waals surface area contributed by atoms with Gasteiger partial charge in [-0.15, -0.1) is 0 Å². The number of hydrogen-bond donors (Lipinski definition) is 1. The van der Waals surface area contributed by atoms with Gasteiger partial charge in [0.15, 0.2) is 0 Å². The Kier molecular flexibility index (Phi) is 5.50. The molecule has 1 saturated heterocycles. The van der Waals surface area contributed by atoms with Crippen LogP contribution in [0.25, 0.3) is 0 Å². The molecule has 0 bridgehead atoms. The summed E-state index contributed by atoms with van der Waals surface area (Å²) in [6.45, 7) is 8.51. The molecule has 1 saturated carbocycles. The van der Waals surface area contributed by atoms with Crippen LogP contribution in [-0.2, 0) is 0 Å². The summed E-state index contributed by atoms with van der Waals surface area (Å²) in [6, 6.07) is 0.871. The first-order valence-electron chi connectivity index (χ1n) is 8.22.